The van der Waals surface area contributed by atoms with Crippen molar-refractivity contribution in [2.45, 2.75) is 52.4 Å². The molecule has 0 nitrogen and oxygen atoms in total. The average Bonchev–Trinajstić information content (AvgIpc) is 2.31. The minimum absolute atomic E-state index is 0.589. The molecule has 0 amide bonds. The van der Waals surface area contributed by atoms with Crippen LogP contribution in [0.15, 0.2) is 30.3 Å². The van der Waals surface area contributed by atoms with Crippen molar-refractivity contribution in [2.75, 3.05) is 0 Å². The Balaban J connectivity index is 2.01. The molecule has 1 fully saturated rings. The second-order valence-electron chi connectivity index (χ2n) is 5.99. The third kappa shape index (κ3) is 2.31. The monoisotopic (exact) mass is 216 g/mol. The van der Waals surface area contributed by atoms with Crippen LogP contribution in [0.5, 0.6) is 0 Å². The Kier molecular flexibility index (Phi) is 3.37. The van der Waals surface area contributed by atoms with Gasteiger partial charge < -0.3 is 0 Å². The fourth-order valence-electron chi connectivity index (χ4n) is 2.91. The molecule has 0 N–H and O–H groups in total. The molecule has 1 aromatic rings. The summed E-state index contributed by atoms with van der Waals surface area (Å²) in [6, 6.07) is 11.0. The highest BCUT2D eigenvalue weighted by atomic mass is 14.4. The number of hydrogen-bond acceptors (Lipinski definition) is 0. The van der Waals surface area contributed by atoms with Gasteiger partial charge in [-0.15, -0.1) is 0 Å². The molecule has 0 saturated heterocycles. The molecule has 0 atom stereocenters. The van der Waals surface area contributed by atoms with Gasteiger partial charge in [0, 0.05) is 0 Å². The molecule has 0 aromatic heterocycles. The Morgan fingerprint density at radius 1 is 1.06 bits per heavy atom. The molecule has 1 aliphatic carbocycles. The largest absolute Gasteiger partial charge is 0.0623 e. The molecule has 88 valence electrons. The van der Waals surface area contributed by atoms with Gasteiger partial charge in [-0.2, -0.15) is 0 Å². The van der Waals surface area contributed by atoms with Crippen LogP contribution in [0.25, 0.3) is 0 Å². The minimum atomic E-state index is 0.589. The van der Waals surface area contributed by atoms with Crippen molar-refractivity contribution in [1.82, 2.24) is 0 Å². The highest BCUT2D eigenvalue weighted by Crippen LogP contribution is 2.46. The number of rotatable bonds is 2. The Hall–Kier alpha value is -0.780. The summed E-state index contributed by atoms with van der Waals surface area (Å²) in [5.41, 5.74) is 2.14. The van der Waals surface area contributed by atoms with Crippen LogP contribution in [0.2, 0.25) is 0 Å². The first kappa shape index (κ1) is 11.7. The standard InChI is InChI=1S/C16H24/c1-13(2)16(3)11-9-15(10-12-16)14-7-5-4-6-8-14/h4-8,13,15H,9-12H2,1-3H3. The van der Waals surface area contributed by atoms with Gasteiger partial charge in [-0.3, -0.25) is 0 Å². The van der Waals surface area contributed by atoms with E-state index in [-0.39, 0.29) is 0 Å². The zero-order valence-corrected chi connectivity index (χ0v) is 10.9. The third-order valence-corrected chi connectivity index (χ3v) is 4.79. The molecule has 0 heterocycles. The smallest absolute Gasteiger partial charge is 0.0162 e. The average molecular weight is 216 g/mol. The topological polar surface area (TPSA) is 0 Å². The summed E-state index contributed by atoms with van der Waals surface area (Å²) in [7, 11) is 0. The Labute approximate surface area is 100 Å². The van der Waals surface area contributed by atoms with Crippen molar-refractivity contribution >= 4 is 0 Å². The normalized spacial score (nSPS) is 30.6. The quantitative estimate of drug-likeness (QED) is 0.652. The van der Waals surface area contributed by atoms with E-state index in [1.165, 1.54) is 25.7 Å². The Bertz CT molecular complexity index is 315. The van der Waals surface area contributed by atoms with Gasteiger partial charge >= 0.3 is 0 Å². The molecule has 0 radical (unpaired) electrons. The van der Waals surface area contributed by atoms with Gasteiger partial charge in [0.1, 0.15) is 0 Å². The van der Waals surface area contributed by atoms with Gasteiger partial charge in [0.25, 0.3) is 0 Å². The molecule has 0 spiro atoms. The lowest BCUT2D eigenvalue weighted by atomic mass is 9.65. The molecule has 2 rings (SSSR count). The van der Waals surface area contributed by atoms with Crippen LogP contribution in [0.1, 0.15) is 57.9 Å². The predicted octanol–water partition coefficient (Wildman–Crippen LogP) is 5.01. The van der Waals surface area contributed by atoms with Crippen LogP contribution >= 0.6 is 0 Å². The lowest BCUT2D eigenvalue weighted by Gasteiger charge is -2.40. The van der Waals surface area contributed by atoms with Crippen molar-refractivity contribution in [1.29, 1.82) is 0 Å². The van der Waals surface area contributed by atoms with Gasteiger partial charge in [0.15, 0.2) is 0 Å². The van der Waals surface area contributed by atoms with Gasteiger partial charge in [0.05, 0.1) is 0 Å². The van der Waals surface area contributed by atoms with Crippen LogP contribution in [-0.4, -0.2) is 0 Å². The summed E-state index contributed by atoms with van der Waals surface area (Å²) in [5, 5.41) is 0. The fraction of sp³-hybridized carbons (Fsp3) is 0.625. The summed E-state index contributed by atoms with van der Waals surface area (Å²) in [4.78, 5) is 0. The van der Waals surface area contributed by atoms with E-state index in [9.17, 15) is 0 Å². The van der Waals surface area contributed by atoms with E-state index in [0.29, 0.717) is 5.41 Å². The van der Waals surface area contributed by atoms with Crippen molar-refractivity contribution in [3.8, 4) is 0 Å². The number of hydrogen-bond donors (Lipinski definition) is 0. The lowest BCUT2D eigenvalue weighted by molar-refractivity contribution is 0.131. The highest BCUT2D eigenvalue weighted by molar-refractivity contribution is 5.20. The first-order valence-corrected chi connectivity index (χ1v) is 6.67. The second-order valence-corrected chi connectivity index (χ2v) is 5.99. The maximum absolute atomic E-state index is 2.47. The Morgan fingerprint density at radius 3 is 2.12 bits per heavy atom. The molecular weight excluding hydrogens is 192 g/mol. The van der Waals surface area contributed by atoms with Crippen LogP contribution < -0.4 is 0 Å². The van der Waals surface area contributed by atoms with E-state index < -0.39 is 0 Å². The highest BCUT2D eigenvalue weighted by Gasteiger charge is 2.33. The van der Waals surface area contributed by atoms with E-state index in [0.717, 1.165) is 11.8 Å². The zero-order chi connectivity index (χ0) is 11.6. The van der Waals surface area contributed by atoms with E-state index in [2.05, 4.69) is 51.1 Å². The predicted molar refractivity (Wildman–Crippen MR) is 70.6 cm³/mol. The molecule has 16 heavy (non-hydrogen) atoms. The first-order valence-electron chi connectivity index (χ1n) is 6.67. The maximum Gasteiger partial charge on any atom is -0.0162 e. The van der Waals surface area contributed by atoms with E-state index in [4.69, 9.17) is 0 Å². The van der Waals surface area contributed by atoms with E-state index in [1.807, 2.05) is 0 Å². The molecule has 0 unspecified atom stereocenters. The summed E-state index contributed by atoms with van der Waals surface area (Å²) in [5.74, 6) is 1.64. The van der Waals surface area contributed by atoms with Crippen molar-refractivity contribution in [3.05, 3.63) is 35.9 Å². The molecule has 1 saturated carbocycles. The van der Waals surface area contributed by atoms with Crippen LogP contribution in [0.3, 0.4) is 0 Å². The van der Waals surface area contributed by atoms with Crippen LogP contribution in [0.4, 0.5) is 0 Å². The van der Waals surface area contributed by atoms with Crippen molar-refractivity contribution in [3.63, 3.8) is 0 Å². The fourth-order valence-corrected chi connectivity index (χ4v) is 2.91. The molecule has 1 aromatic carbocycles. The zero-order valence-electron chi connectivity index (χ0n) is 10.9. The van der Waals surface area contributed by atoms with Gasteiger partial charge in [-0.05, 0) is 48.5 Å². The minimum Gasteiger partial charge on any atom is -0.0623 e. The number of benzene rings is 1. The maximum atomic E-state index is 2.47. The lowest BCUT2D eigenvalue weighted by Crippen LogP contribution is -2.28. The molecule has 1 aliphatic rings. The third-order valence-electron chi connectivity index (χ3n) is 4.79. The van der Waals surface area contributed by atoms with Gasteiger partial charge in [0.2, 0.25) is 0 Å². The van der Waals surface area contributed by atoms with Gasteiger partial charge in [-0.25, -0.2) is 0 Å². The molecular formula is C16H24. The molecule has 0 bridgehead atoms. The first-order chi connectivity index (χ1) is 7.62. The van der Waals surface area contributed by atoms with E-state index in [1.54, 1.807) is 5.56 Å². The summed E-state index contributed by atoms with van der Waals surface area (Å²) in [6.07, 6.45) is 5.53. The Morgan fingerprint density at radius 2 is 1.62 bits per heavy atom. The van der Waals surface area contributed by atoms with E-state index >= 15 is 0 Å². The van der Waals surface area contributed by atoms with Crippen LogP contribution in [0, 0.1) is 11.3 Å². The van der Waals surface area contributed by atoms with Crippen molar-refractivity contribution in [2.24, 2.45) is 11.3 Å². The molecule has 0 heteroatoms. The summed E-state index contributed by atoms with van der Waals surface area (Å²) >= 11 is 0. The molecule has 0 aliphatic heterocycles. The summed E-state index contributed by atoms with van der Waals surface area (Å²) in [6.45, 7) is 7.23. The second kappa shape index (κ2) is 4.61. The van der Waals surface area contributed by atoms with Crippen LogP contribution in [-0.2, 0) is 0 Å². The SMILES string of the molecule is CC(C)C1(C)CCC(c2ccccc2)CC1. The van der Waals surface area contributed by atoms with Gasteiger partial charge in [-0.1, -0.05) is 51.1 Å². The summed E-state index contributed by atoms with van der Waals surface area (Å²) < 4.78 is 0. The van der Waals surface area contributed by atoms with Crippen molar-refractivity contribution < 1.29 is 0 Å².